The smallest absolute Gasteiger partial charge is 0.0477 e. The van der Waals surface area contributed by atoms with Gasteiger partial charge in [0.2, 0.25) is 0 Å². The number of methoxy groups -OCH3 is 1. The van der Waals surface area contributed by atoms with E-state index >= 15 is 0 Å². The molecule has 0 saturated heterocycles. The summed E-state index contributed by atoms with van der Waals surface area (Å²) in [6.07, 6.45) is 2.21. The minimum Gasteiger partial charge on any atom is -0.385 e. The molecule has 0 saturated carbocycles. The highest BCUT2D eigenvalue weighted by atomic mass is 32.1. The molecule has 0 fully saturated rings. The van der Waals surface area contributed by atoms with Crippen molar-refractivity contribution in [1.82, 2.24) is 5.32 Å². The predicted molar refractivity (Wildman–Crippen MR) is 62.0 cm³/mol. The maximum absolute atomic E-state index is 5.10. The zero-order chi connectivity index (χ0) is 10.2. The Hall–Kier alpha value is -0.380. The molecule has 0 aliphatic carbocycles. The molecule has 1 heterocycles. The number of likely N-dealkylation sites (N-methyl/N-ethyl adjacent to an activating group) is 1. The van der Waals surface area contributed by atoms with Crippen molar-refractivity contribution in [2.45, 2.75) is 25.8 Å². The standard InChI is InChI=1S/C11H19NOS/c1-3-12-10(6-7-13-2)9-11-5-4-8-14-11/h4-5,8,10,12H,3,6-7,9H2,1-2H3. The van der Waals surface area contributed by atoms with Crippen molar-refractivity contribution in [3.8, 4) is 0 Å². The zero-order valence-corrected chi connectivity index (χ0v) is 9.77. The van der Waals surface area contributed by atoms with E-state index < -0.39 is 0 Å². The maximum Gasteiger partial charge on any atom is 0.0477 e. The van der Waals surface area contributed by atoms with Gasteiger partial charge in [0.15, 0.2) is 0 Å². The van der Waals surface area contributed by atoms with E-state index in [1.54, 1.807) is 7.11 Å². The lowest BCUT2D eigenvalue weighted by molar-refractivity contribution is 0.183. The van der Waals surface area contributed by atoms with Crippen LogP contribution in [0, 0.1) is 0 Å². The van der Waals surface area contributed by atoms with Crippen LogP contribution in [0.3, 0.4) is 0 Å². The summed E-state index contributed by atoms with van der Waals surface area (Å²) in [6.45, 7) is 4.01. The number of ether oxygens (including phenoxy) is 1. The summed E-state index contributed by atoms with van der Waals surface area (Å²) in [5.74, 6) is 0. The normalized spacial score (nSPS) is 13.0. The number of thiophene rings is 1. The quantitative estimate of drug-likeness (QED) is 0.750. The molecule has 80 valence electrons. The van der Waals surface area contributed by atoms with E-state index in [4.69, 9.17) is 4.74 Å². The molecule has 1 atom stereocenters. The van der Waals surface area contributed by atoms with E-state index in [9.17, 15) is 0 Å². The first-order chi connectivity index (χ1) is 6.86. The molecule has 1 rings (SSSR count). The summed E-state index contributed by atoms with van der Waals surface area (Å²) in [4.78, 5) is 1.45. The average molecular weight is 213 g/mol. The Kier molecular flexibility index (Phi) is 5.83. The topological polar surface area (TPSA) is 21.3 Å². The van der Waals surface area contributed by atoms with Gasteiger partial charge in [-0.3, -0.25) is 0 Å². The molecular weight excluding hydrogens is 194 g/mol. The summed E-state index contributed by atoms with van der Waals surface area (Å²) in [5, 5.41) is 5.62. The minimum absolute atomic E-state index is 0.554. The molecule has 1 aromatic rings. The van der Waals surface area contributed by atoms with Crippen molar-refractivity contribution >= 4 is 11.3 Å². The molecule has 1 N–H and O–H groups in total. The fourth-order valence-electron chi connectivity index (χ4n) is 1.50. The highest BCUT2D eigenvalue weighted by Gasteiger charge is 2.08. The van der Waals surface area contributed by atoms with Crippen molar-refractivity contribution < 1.29 is 4.74 Å². The Bertz CT molecular complexity index is 223. The SMILES string of the molecule is CCNC(CCOC)Cc1cccs1. The van der Waals surface area contributed by atoms with Crippen molar-refractivity contribution in [2.75, 3.05) is 20.3 Å². The Morgan fingerprint density at radius 2 is 2.43 bits per heavy atom. The Balaban J connectivity index is 2.34. The van der Waals surface area contributed by atoms with Gasteiger partial charge < -0.3 is 10.1 Å². The molecule has 14 heavy (non-hydrogen) atoms. The van der Waals surface area contributed by atoms with Crippen molar-refractivity contribution in [2.24, 2.45) is 0 Å². The van der Waals surface area contributed by atoms with Gasteiger partial charge in [-0.25, -0.2) is 0 Å². The highest BCUT2D eigenvalue weighted by Crippen LogP contribution is 2.12. The number of rotatable bonds is 7. The van der Waals surface area contributed by atoms with Gasteiger partial charge in [0.25, 0.3) is 0 Å². The van der Waals surface area contributed by atoms with Gasteiger partial charge in [-0.1, -0.05) is 13.0 Å². The second-order valence-electron chi connectivity index (χ2n) is 3.32. The number of hydrogen-bond acceptors (Lipinski definition) is 3. The number of nitrogens with one attached hydrogen (secondary N) is 1. The van der Waals surface area contributed by atoms with Gasteiger partial charge >= 0.3 is 0 Å². The Labute approximate surface area is 90.3 Å². The van der Waals surface area contributed by atoms with Gasteiger partial charge in [0.1, 0.15) is 0 Å². The third-order valence-electron chi connectivity index (χ3n) is 2.19. The molecule has 1 unspecified atom stereocenters. The lowest BCUT2D eigenvalue weighted by atomic mass is 10.1. The second-order valence-corrected chi connectivity index (χ2v) is 4.35. The molecule has 0 spiro atoms. The highest BCUT2D eigenvalue weighted by molar-refractivity contribution is 7.09. The van der Waals surface area contributed by atoms with Crippen molar-refractivity contribution in [1.29, 1.82) is 0 Å². The van der Waals surface area contributed by atoms with Crippen LogP contribution in [0.4, 0.5) is 0 Å². The molecule has 0 amide bonds. The molecule has 2 nitrogen and oxygen atoms in total. The summed E-state index contributed by atoms with van der Waals surface area (Å²) in [5.41, 5.74) is 0. The third-order valence-corrected chi connectivity index (χ3v) is 3.09. The average Bonchev–Trinajstić information content (AvgIpc) is 2.67. The fraction of sp³-hybridized carbons (Fsp3) is 0.636. The van der Waals surface area contributed by atoms with Crippen LogP contribution >= 0.6 is 11.3 Å². The van der Waals surface area contributed by atoms with E-state index in [-0.39, 0.29) is 0 Å². The molecule has 3 heteroatoms. The van der Waals surface area contributed by atoms with Crippen LogP contribution in [0.5, 0.6) is 0 Å². The first-order valence-electron chi connectivity index (χ1n) is 5.11. The summed E-state index contributed by atoms with van der Waals surface area (Å²) in [7, 11) is 1.76. The van der Waals surface area contributed by atoms with Crippen LogP contribution < -0.4 is 5.32 Å². The predicted octanol–water partition coefficient (Wildman–Crippen LogP) is 2.31. The van der Waals surface area contributed by atoms with Gasteiger partial charge in [-0.15, -0.1) is 11.3 Å². The lowest BCUT2D eigenvalue weighted by Crippen LogP contribution is -2.31. The van der Waals surface area contributed by atoms with E-state index in [1.807, 2.05) is 11.3 Å². The molecule has 0 aliphatic rings. The van der Waals surface area contributed by atoms with Gasteiger partial charge in [-0.2, -0.15) is 0 Å². The van der Waals surface area contributed by atoms with Crippen LogP contribution in [0.15, 0.2) is 17.5 Å². The molecule has 0 aliphatic heterocycles. The van der Waals surface area contributed by atoms with E-state index in [1.165, 1.54) is 4.88 Å². The van der Waals surface area contributed by atoms with Crippen LogP contribution in [-0.2, 0) is 11.2 Å². The van der Waals surface area contributed by atoms with E-state index in [0.29, 0.717) is 6.04 Å². The van der Waals surface area contributed by atoms with Gasteiger partial charge in [0.05, 0.1) is 0 Å². The van der Waals surface area contributed by atoms with Crippen molar-refractivity contribution in [3.05, 3.63) is 22.4 Å². The largest absolute Gasteiger partial charge is 0.385 e. The first kappa shape index (κ1) is 11.7. The molecular formula is C11H19NOS. The number of hydrogen-bond donors (Lipinski definition) is 1. The monoisotopic (exact) mass is 213 g/mol. The third kappa shape index (κ3) is 4.22. The van der Waals surface area contributed by atoms with Gasteiger partial charge in [0, 0.05) is 24.6 Å². The molecule has 0 radical (unpaired) electrons. The molecule has 0 aromatic carbocycles. The van der Waals surface area contributed by atoms with Crippen LogP contribution in [0.1, 0.15) is 18.2 Å². The van der Waals surface area contributed by atoms with Crippen LogP contribution in [0.25, 0.3) is 0 Å². The summed E-state index contributed by atoms with van der Waals surface area (Å²) < 4.78 is 5.10. The molecule has 0 bridgehead atoms. The van der Waals surface area contributed by atoms with E-state index in [0.717, 1.165) is 26.0 Å². The lowest BCUT2D eigenvalue weighted by Gasteiger charge is -2.16. The summed E-state index contributed by atoms with van der Waals surface area (Å²) >= 11 is 1.83. The zero-order valence-electron chi connectivity index (χ0n) is 8.95. The maximum atomic E-state index is 5.10. The first-order valence-corrected chi connectivity index (χ1v) is 5.99. The molecule has 1 aromatic heterocycles. The minimum atomic E-state index is 0.554. The van der Waals surface area contributed by atoms with Crippen molar-refractivity contribution in [3.63, 3.8) is 0 Å². The Morgan fingerprint density at radius 3 is 3.00 bits per heavy atom. The summed E-state index contributed by atoms with van der Waals surface area (Å²) in [6, 6.07) is 4.86. The van der Waals surface area contributed by atoms with E-state index in [2.05, 4.69) is 29.8 Å². The second kappa shape index (κ2) is 6.98. The Morgan fingerprint density at radius 1 is 1.57 bits per heavy atom. The van der Waals surface area contributed by atoms with Crippen LogP contribution in [-0.4, -0.2) is 26.3 Å². The van der Waals surface area contributed by atoms with Crippen LogP contribution in [0.2, 0.25) is 0 Å². The van der Waals surface area contributed by atoms with Gasteiger partial charge in [-0.05, 0) is 30.8 Å². The fourth-order valence-corrected chi connectivity index (χ4v) is 2.28.